The summed E-state index contributed by atoms with van der Waals surface area (Å²) >= 11 is 0. The lowest BCUT2D eigenvalue weighted by Gasteiger charge is -2.19. The molecule has 2 aromatic heterocycles. The number of nitrogen functional groups attached to an aromatic ring is 1. The standard InChI is InChI=1S/C17H25N5O2/c1-3-6-11(2)24-17-20-15(18)16-19-10-13(22(16)21-17)9-12-7-4-5-8-14(12)23/h10-12H,3-9H2,1-2H3,(H2,18,20,21)/t11-,12?/m0/s1. The molecule has 0 aliphatic heterocycles. The van der Waals surface area contributed by atoms with Crippen molar-refractivity contribution in [2.75, 3.05) is 5.73 Å². The Hall–Kier alpha value is -2.18. The van der Waals surface area contributed by atoms with Crippen LogP contribution in [0, 0.1) is 5.92 Å². The summed E-state index contributed by atoms with van der Waals surface area (Å²) in [6.45, 7) is 4.09. The summed E-state index contributed by atoms with van der Waals surface area (Å²) in [5.74, 6) is 0.689. The van der Waals surface area contributed by atoms with Crippen molar-refractivity contribution in [3.05, 3.63) is 11.9 Å². The first-order chi connectivity index (χ1) is 11.6. The number of Topliss-reactive ketones (excluding diaryl/α,β-unsaturated/α-hetero) is 1. The SMILES string of the molecule is CCC[C@H](C)Oc1nc(N)c2ncc(CC3CCCCC3=O)n2n1. The highest BCUT2D eigenvalue weighted by Crippen LogP contribution is 2.25. The molecule has 0 bridgehead atoms. The number of nitrogens with zero attached hydrogens (tertiary/aromatic N) is 4. The molecule has 130 valence electrons. The molecule has 1 unspecified atom stereocenters. The van der Waals surface area contributed by atoms with E-state index in [1.807, 2.05) is 6.92 Å². The van der Waals surface area contributed by atoms with Gasteiger partial charge in [0.05, 0.1) is 18.0 Å². The third-order valence-corrected chi connectivity index (χ3v) is 4.58. The van der Waals surface area contributed by atoms with Crippen LogP contribution in [-0.2, 0) is 11.2 Å². The van der Waals surface area contributed by atoms with Gasteiger partial charge in [0.2, 0.25) is 0 Å². The average Bonchev–Trinajstić information content (AvgIpc) is 2.93. The number of carbonyl (C=O) groups excluding carboxylic acids is 1. The van der Waals surface area contributed by atoms with E-state index < -0.39 is 0 Å². The van der Waals surface area contributed by atoms with E-state index in [0.29, 0.717) is 30.1 Å². The van der Waals surface area contributed by atoms with Crippen LogP contribution in [0.2, 0.25) is 0 Å². The summed E-state index contributed by atoms with van der Waals surface area (Å²) in [5, 5.41) is 4.44. The van der Waals surface area contributed by atoms with Crippen LogP contribution in [0.5, 0.6) is 6.01 Å². The van der Waals surface area contributed by atoms with Gasteiger partial charge in [-0.3, -0.25) is 4.79 Å². The largest absolute Gasteiger partial charge is 0.459 e. The molecule has 24 heavy (non-hydrogen) atoms. The van der Waals surface area contributed by atoms with E-state index >= 15 is 0 Å². The summed E-state index contributed by atoms with van der Waals surface area (Å²) in [6.07, 6.45) is 8.08. The number of fused-ring (bicyclic) bond motifs is 1. The van der Waals surface area contributed by atoms with Gasteiger partial charge in [0.15, 0.2) is 11.5 Å². The Kier molecular flexibility index (Phi) is 4.97. The van der Waals surface area contributed by atoms with Crippen LogP contribution in [0.3, 0.4) is 0 Å². The Morgan fingerprint density at radius 1 is 1.46 bits per heavy atom. The number of hydrogen-bond acceptors (Lipinski definition) is 6. The second-order valence-corrected chi connectivity index (χ2v) is 6.59. The molecule has 1 aliphatic carbocycles. The van der Waals surface area contributed by atoms with Crippen molar-refractivity contribution < 1.29 is 9.53 Å². The monoisotopic (exact) mass is 331 g/mol. The number of rotatable bonds is 6. The number of hydrogen-bond donors (Lipinski definition) is 1. The number of ether oxygens (including phenoxy) is 1. The molecular formula is C17H25N5O2. The third-order valence-electron chi connectivity index (χ3n) is 4.58. The van der Waals surface area contributed by atoms with Crippen LogP contribution in [0.1, 0.15) is 58.1 Å². The zero-order valence-corrected chi connectivity index (χ0v) is 14.4. The lowest BCUT2D eigenvalue weighted by molar-refractivity contribution is -0.124. The lowest BCUT2D eigenvalue weighted by Crippen LogP contribution is -2.22. The molecule has 2 atom stereocenters. The molecule has 3 rings (SSSR count). The maximum absolute atomic E-state index is 12.1. The third kappa shape index (κ3) is 3.49. The minimum atomic E-state index is 0.0266. The first-order valence-electron chi connectivity index (χ1n) is 8.78. The van der Waals surface area contributed by atoms with Crippen molar-refractivity contribution in [3.8, 4) is 6.01 Å². The second kappa shape index (κ2) is 7.15. The van der Waals surface area contributed by atoms with Crippen molar-refractivity contribution in [2.45, 2.75) is 64.9 Å². The van der Waals surface area contributed by atoms with E-state index in [4.69, 9.17) is 10.5 Å². The van der Waals surface area contributed by atoms with E-state index in [9.17, 15) is 4.79 Å². The van der Waals surface area contributed by atoms with Crippen LogP contribution in [-0.4, -0.2) is 31.5 Å². The molecule has 2 heterocycles. The van der Waals surface area contributed by atoms with Crippen molar-refractivity contribution in [1.29, 1.82) is 0 Å². The fraction of sp³-hybridized carbons (Fsp3) is 0.647. The quantitative estimate of drug-likeness (QED) is 0.874. The highest BCUT2D eigenvalue weighted by atomic mass is 16.5. The average molecular weight is 331 g/mol. The number of ketones is 1. The van der Waals surface area contributed by atoms with Gasteiger partial charge >= 0.3 is 6.01 Å². The maximum atomic E-state index is 12.1. The van der Waals surface area contributed by atoms with Crippen LogP contribution >= 0.6 is 0 Å². The molecule has 0 amide bonds. The molecule has 0 radical (unpaired) electrons. The summed E-state index contributed by atoms with van der Waals surface area (Å²) in [6, 6.07) is 0.259. The van der Waals surface area contributed by atoms with E-state index in [2.05, 4.69) is 22.0 Å². The first-order valence-corrected chi connectivity index (χ1v) is 8.78. The highest BCUT2D eigenvalue weighted by molar-refractivity contribution is 5.81. The highest BCUT2D eigenvalue weighted by Gasteiger charge is 2.24. The Labute approximate surface area is 141 Å². The van der Waals surface area contributed by atoms with E-state index in [1.165, 1.54) is 0 Å². The molecule has 1 saturated carbocycles. The molecule has 0 aromatic carbocycles. The summed E-state index contributed by atoms with van der Waals surface area (Å²) in [7, 11) is 0. The predicted molar refractivity (Wildman–Crippen MR) is 90.9 cm³/mol. The molecule has 2 aromatic rings. The fourth-order valence-corrected chi connectivity index (χ4v) is 3.29. The zero-order valence-electron chi connectivity index (χ0n) is 14.4. The van der Waals surface area contributed by atoms with Gasteiger partial charge in [-0.2, -0.15) is 4.98 Å². The summed E-state index contributed by atoms with van der Waals surface area (Å²) in [4.78, 5) is 20.6. The van der Waals surface area contributed by atoms with Gasteiger partial charge in [-0.05, 0) is 26.2 Å². The van der Waals surface area contributed by atoms with Crippen molar-refractivity contribution in [3.63, 3.8) is 0 Å². The lowest BCUT2D eigenvalue weighted by atomic mass is 9.85. The van der Waals surface area contributed by atoms with Gasteiger partial charge in [-0.25, -0.2) is 9.50 Å². The maximum Gasteiger partial charge on any atom is 0.336 e. The molecular weight excluding hydrogens is 306 g/mol. The smallest absolute Gasteiger partial charge is 0.336 e. The van der Waals surface area contributed by atoms with Crippen molar-refractivity contribution >= 4 is 17.2 Å². The van der Waals surface area contributed by atoms with Gasteiger partial charge in [0.25, 0.3) is 0 Å². The molecule has 7 heteroatoms. The van der Waals surface area contributed by atoms with E-state index in [1.54, 1.807) is 10.7 Å². The number of imidazole rings is 1. The van der Waals surface area contributed by atoms with Gasteiger partial charge in [0, 0.05) is 18.8 Å². The minimum Gasteiger partial charge on any atom is -0.459 e. The number of anilines is 1. The molecule has 0 saturated heterocycles. The fourth-order valence-electron chi connectivity index (χ4n) is 3.29. The van der Waals surface area contributed by atoms with Crippen LogP contribution < -0.4 is 10.5 Å². The number of aromatic nitrogens is 4. The Morgan fingerprint density at radius 2 is 2.29 bits per heavy atom. The number of carbonyl (C=O) groups is 1. The van der Waals surface area contributed by atoms with Gasteiger partial charge in [-0.1, -0.05) is 19.8 Å². The van der Waals surface area contributed by atoms with Gasteiger partial charge < -0.3 is 10.5 Å². The van der Waals surface area contributed by atoms with E-state index in [0.717, 1.165) is 37.8 Å². The molecule has 1 aliphatic rings. The second-order valence-electron chi connectivity index (χ2n) is 6.59. The molecule has 2 N–H and O–H groups in total. The van der Waals surface area contributed by atoms with Gasteiger partial charge in [0.1, 0.15) is 5.78 Å². The Morgan fingerprint density at radius 3 is 3.04 bits per heavy atom. The van der Waals surface area contributed by atoms with Crippen LogP contribution in [0.4, 0.5) is 5.82 Å². The van der Waals surface area contributed by atoms with Crippen molar-refractivity contribution in [2.24, 2.45) is 5.92 Å². The summed E-state index contributed by atoms with van der Waals surface area (Å²) < 4.78 is 7.44. The minimum absolute atomic E-state index is 0.0266. The molecule has 0 spiro atoms. The first kappa shape index (κ1) is 16.7. The van der Waals surface area contributed by atoms with Gasteiger partial charge in [-0.15, -0.1) is 5.10 Å². The molecule has 1 fully saturated rings. The zero-order chi connectivity index (χ0) is 17.1. The Bertz CT molecular complexity index is 727. The number of nitrogens with two attached hydrogens (primary N) is 1. The van der Waals surface area contributed by atoms with Crippen molar-refractivity contribution in [1.82, 2.24) is 19.6 Å². The van der Waals surface area contributed by atoms with Crippen LogP contribution in [0.25, 0.3) is 5.65 Å². The summed E-state index contributed by atoms with van der Waals surface area (Å²) in [5.41, 5.74) is 7.40. The van der Waals surface area contributed by atoms with E-state index in [-0.39, 0.29) is 18.0 Å². The Balaban J connectivity index is 1.86. The van der Waals surface area contributed by atoms with Crippen LogP contribution in [0.15, 0.2) is 6.20 Å². The predicted octanol–water partition coefficient (Wildman–Crippen LogP) is 2.58. The normalized spacial score (nSPS) is 19.6. The molecule has 7 nitrogen and oxygen atoms in total. The topological polar surface area (TPSA) is 95.4 Å².